The maximum atomic E-state index is 6.06. The van der Waals surface area contributed by atoms with Gasteiger partial charge in [-0.1, -0.05) is 6.08 Å². The van der Waals surface area contributed by atoms with Gasteiger partial charge in [0.05, 0.1) is 11.2 Å². The van der Waals surface area contributed by atoms with Gasteiger partial charge in [-0.2, -0.15) is 12.6 Å². The van der Waals surface area contributed by atoms with Crippen molar-refractivity contribution in [2.45, 2.75) is 45.8 Å². The van der Waals surface area contributed by atoms with E-state index in [9.17, 15) is 0 Å². The van der Waals surface area contributed by atoms with Gasteiger partial charge in [-0.25, -0.2) is 4.98 Å². The first-order valence-corrected chi connectivity index (χ1v) is 7.68. The van der Waals surface area contributed by atoms with Crippen LogP contribution < -0.4 is 5.73 Å². The molecule has 1 aliphatic rings. The molecule has 0 aliphatic carbocycles. The second-order valence-electron chi connectivity index (χ2n) is 6.45. The fourth-order valence-electron chi connectivity index (χ4n) is 2.10. The lowest BCUT2D eigenvalue weighted by molar-refractivity contribution is 0.00578. The number of nitrogens with zero attached hydrogens (tertiary/aromatic N) is 1. The lowest BCUT2D eigenvalue weighted by Crippen LogP contribution is -2.41. The van der Waals surface area contributed by atoms with Crippen LogP contribution in [-0.4, -0.2) is 29.1 Å². The molecule has 0 unspecified atom stereocenters. The lowest BCUT2D eigenvalue weighted by atomic mass is 9.78. The zero-order valence-electron chi connectivity index (χ0n) is 13.3. The number of hydrogen-bond acceptors (Lipinski definition) is 5. The summed E-state index contributed by atoms with van der Waals surface area (Å²) in [4.78, 5) is 4.18. The monoisotopic (exact) mass is 306 g/mol. The van der Waals surface area contributed by atoms with Gasteiger partial charge in [0.2, 0.25) is 0 Å². The molecule has 2 rings (SSSR count). The van der Waals surface area contributed by atoms with E-state index < -0.39 is 7.12 Å². The standard InChI is InChI=1S/C15H23BN2O2S/c1-10-6-11(13(17)18-8-10)7-12(9-21)16-19-14(2,3)15(4,5)20-16/h6-8,21H,9H2,1-5H3,(H2,17,18). The van der Waals surface area contributed by atoms with Crippen molar-refractivity contribution in [3.63, 3.8) is 0 Å². The molecule has 0 bridgehead atoms. The molecule has 1 aromatic rings. The van der Waals surface area contributed by atoms with Crippen LogP contribution in [0.1, 0.15) is 38.8 Å². The average Bonchev–Trinajstić information content (AvgIpc) is 2.59. The fraction of sp³-hybridized carbons (Fsp3) is 0.533. The summed E-state index contributed by atoms with van der Waals surface area (Å²) in [5, 5.41) is 0. The van der Waals surface area contributed by atoms with E-state index in [2.05, 4.69) is 17.6 Å². The van der Waals surface area contributed by atoms with Crippen LogP contribution in [0.2, 0.25) is 0 Å². The molecule has 2 N–H and O–H groups in total. The molecule has 0 spiro atoms. The van der Waals surface area contributed by atoms with Gasteiger partial charge in [0.25, 0.3) is 0 Å². The normalized spacial score (nSPS) is 20.9. The number of nitrogen functional groups attached to an aromatic ring is 1. The Morgan fingerprint density at radius 1 is 1.33 bits per heavy atom. The first-order chi connectivity index (χ1) is 9.66. The number of pyridine rings is 1. The highest BCUT2D eigenvalue weighted by molar-refractivity contribution is 7.80. The second-order valence-corrected chi connectivity index (χ2v) is 6.77. The number of nitrogens with two attached hydrogens (primary N) is 1. The molecule has 4 nitrogen and oxygen atoms in total. The SMILES string of the molecule is Cc1cnc(N)c(C=C(CS)B2OC(C)(C)C(C)(C)O2)c1. The van der Waals surface area contributed by atoms with Crippen molar-refractivity contribution in [2.24, 2.45) is 0 Å². The van der Waals surface area contributed by atoms with Crippen LogP contribution in [0.15, 0.2) is 17.7 Å². The highest BCUT2D eigenvalue weighted by Crippen LogP contribution is 2.39. The van der Waals surface area contributed by atoms with Gasteiger partial charge in [-0.15, -0.1) is 0 Å². The van der Waals surface area contributed by atoms with E-state index in [0.717, 1.165) is 16.6 Å². The van der Waals surface area contributed by atoms with Crippen molar-refractivity contribution >= 4 is 31.6 Å². The third-order valence-corrected chi connectivity index (χ3v) is 4.53. The van der Waals surface area contributed by atoms with Gasteiger partial charge in [0.1, 0.15) is 5.82 Å². The Kier molecular flexibility index (Phi) is 4.43. The van der Waals surface area contributed by atoms with Crippen LogP contribution in [0.25, 0.3) is 6.08 Å². The minimum Gasteiger partial charge on any atom is -0.400 e. The summed E-state index contributed by atoms with van der Waals surface area (Å²) in [7, 11) is -0.410. The van der Waals surface area contributed by atoms with Crippen molar-refractivity contribution < 1.29 is 9.31 Å². The highest BCUT2D eigenvalue weighted by Gasteiger charge is 2.52. The van der Waals surface area contributed by atoms with E-state index >= 15 is 0 Å². The molecule has 0 amide bonds. The maximum absolute atomic E-state index is 6.06. The van der Waals surface area contributed by atoms with Gasteiger partial charge in [0.15, 0.2) is 0 Å². The molecule has 6 heteroatoms. The van der Waals surface area contributed by atoms with Crippen LogP contribution in [0.4, 0.5) is 5.82 Å². The second kappa shape index (κ2) is 5.67. The Morgan fingerprint density at radius 3 is 2.43 bits per heavy atom. The maximum Gasteiger partial charge on any atom is 0.491 e. The molecular formula is C15H23BN2O2S. The molecule has 21 heavy (non-hydrogen) atoms. The minimum absolute atomic E-state index is 0.365. The van der Waals surface area contributed by atoms with E-state index in [-0.39, 0.29) is 11.2 Å². The third kappa shape index (κ3) is 3.28. The van der Waals surface area contributed by atoms with Crippen molar-refractivity contribution in [2.75, 3.05) is 11.5 Å². The number of anilines is 1. The van der Waals surface area contributed by atoms with E-state index in [1.807, 2.05) is 46.8 Å². The Hall–Kier alpha value is -0.975. The van der Waals surface area contributed by atoms with Gasteiger partial charge in [-0.3, -0.25) is 0 Å². The summed E-state index contributed by atoms with van der Waals surface area (Å²) in [6.45, 7) is 10.1. The summed E-state index contributed by atoms with van der Waals surface area (Å²) in [5.41, 5.74) is 8.07. The molecule has 1 aliphatic heterocycles. The fourth-order valence-corrected chi connectivity index (χ4v) is 2.34. The summed E-state index contributed by atoms with van der Waals surface area (Å²) >= 11 is 4.41. The number of hydrogen-bond donors (Lipinski definition) is 2. The molecule has 1 fully saturated rings. The molecule has 0 aromatic carbocycles. The van der Waals surface area contributed by atoms with Gasteiger partial charge < -0.3 is 15.0 Å². The van der Waals surface area contributed by atoms with E-state index in [1.165, 1.54) is 0 Å². The van der Waals surface area contributed by atoms with Crippen molar-refractivity contribution in [1.82, 2.24) is 4.98 Å². The van der Waals surface area contributed by atoms with E-state index in [0.29, 0.717) is 11.6 Å². The average molecular weight is 306 g/mol. The number of thiol groups is 1. The molecule has 0 saturated carbocycles. The largest absolute Gasteiger partial charge is 0.491 e. The van der Waals surface area contributed by atoms with Gasteiger partial charge in [-0.05, 0) is 51.7 Å². The molecule has 0 atom stereocenters. The zero-order valence-corrected chi connectivity index (χ0v) is 14.2. The molecule has 0 radical (unpaired) electrons. The molecule has 2 heterocycles. The number of rotatable bonds is 3. The predicted molar refractivity (Wildman–Crippen MR) is 91.3 cm³/mol. The molecule has 1 saturated heterocycles. The van der Waals surface area contributed by atoms with Gasteiger partial charge >= 0.3 is 7.12 Å². The zero-order chi connectivity index (χ0) is 15.8. The third-order valence-electron chi connectivity index (χ3n) is 4.17. The topological polar surface area (TPSA) is 57.4 Å². The van der Waals surface area contributed by atoms with Crippen molar-refractivity contribution in [3.05, 3.63) is 28.9 Å². The Labute approximate surface area is 132 Å². The summed E-state index contributed by atoms with van der Waals surface area (Å²) < 4.78 is 12.1. The summed E-state index contributed by atoms with van der Waals surface area (Å²) in [6.07, 6.45) is 3.71. The van der Waals surface area contributed by atoms with Crippen LogP contribution in [0.5, 0.6) is 0 Å². The quantitative estimate of drug-likeness (QED) is 0.666. The minimum atomic E-state index is -0.410. The first-order valence-electron chi connectivity index (χ1n) is 7.05. The number of aryl methyl sites for hydroxylation is 1. The molecule has 1 aromatic heterocycles. The Bertz CT molecular complexity index is 557. The smallest absolute Gasteiger partial charge is 0.400 e. The first kappa shape index (κ1) is 16.4. The van der Waals surface area contributed by atoms with Crippen LogP contribution in [0, 0.1) is 6.92 Å². The van der Waals surface area contributed by atoms with Gasteiger partial charge in [0, 0.05) is 17.5 Å². The predicted octanol–water partition coefficient (Wildman–Crippen LogP) is 2.92. The van der Waals surface area contributed by atoms with E-state index in [1.54, 1.807) is 6.20 Å². The highest BCUT2D eigenvalue weighted by atomic mass is 32.1. The van der Waals surface area contributed by atoms with Crippen LogP contribution in [0.3, 0.4) is 0 Å². The van der Waals surface area contributed by atoms with Crippen molar-refractivity contribution in [1.29, 1.82) is 0 Å². The molecular weight excluding hydrogens is 283 g/mol. The summed E-state index contributed by atoms with van der Waals surface area (Å²) in [5.74, 6) is 1.03. The van der Waals surface area contributed by atoms with E-state index in [4.69, 9.17) is 15.0 Å². The van der Waals surface area contributed by atoms with Crippen LogP contribution in [-0.2, 0) is 9.31 Å². The molecule has 114 valence electrons. The number of aromatic nitrogens is 1. The van der Waals surface area contributed by atoms with Crippen LogP contribution >= 0.6 is 12.6 Å². The Balaban J connectivity index is 2.33. The summed E-state index contributed by atoms with van der Waals surface area (Å²) in [6, 6.07) is 2.00. The van der Waals surface area contributed by atoms with Crippen molar-refractivity contribution in [3.8, 4) is 0 Å². The Morgan fingerprint density at radius 2 is 1.90 bits per heavy atom. The lowest BCUT2D eigenvalue weighted by Gasteiger charge is -2.32.